The minimum atomic E-state index is 0.224. The Morgan fingerprint density at radius 3 is 2.60 bits per heavy atom. The van der Waals surface area contributed by atoms with Gasteiger partial charge in [0.1, 0.15) is 0 Å². The molecule has 15 heavy (non-hydrogen) atoms. The van der Waals surface area contributed by atoms with Crippen molar-refractivity contribution in [1.29, 1.82) is 0 Å². The molecule has 1 heterocycles. The molecule has 0 fully saturated rings. The lowest BCUT2D eigenvalue weighted by Crippen LogP contribution is -2.29. The van der Waals surface area contributed by atoms with Gasteiger partial charge < -0.3 is 10.6 Å². The first-order chi connectivity index (χ1) is 7.04. The maximum absolute atomic E-state index is 5.96. The molecule has 2 N–H and O–H groups in total. The minimum absolute atomic E-state index is 0.224. The molecular weight excluding hydrogens is 228 g/mol. The second-order valence-electron chi connectivity index (χ2n) is 3.64. The van der Waals surface area contributed by atoms with Crippen LogP contribution in [0.4, 0.5) is 5.13 Å². The maximum Gasteiger partial charge on any atom is 0.208 e. The van der Waals surface area contributed by atoms with Gasteiger partial charge >= 0.3 is 0 Å². The zero-order valence-corrected chi connectivity index (χ0v) is 11.2. The molecule has 0 bridgehead atoms. The van der Waals surface area contributed by atoms with Gasteiger partial charge in [0.25, 0.3) is 0 Å². The molecule has 1 aromatic heterocycles. The van der Waals surface area contributed by atoms with E-state index in [1.54, 1.807) is 23.1 Å². The quantitative estimate of drug-likeness (QED) is 0.803. The van der Waals surface area contributed by atoms with Crippen LogP contribution < -0.4 is 10.6 Å². The Balaban J connectivity index is 2.57. The van der Waals surface area contributed by atoms with Gasteiger partial charge in [0.2, 0.25) is 5.13 Å². The van der Waals surface area contributed by atoms with E-state index in [9.17, 15) is 0 Å². The van der Waals surface area contributed by atoms with Crippen molar-refractivity contribution in [3.05, 3.63) is 0 Å². The smallest absolute Gasteiger partial charge is 0.208 e. The zero-order valence-electron chi connectivity index (χ0n) is 9.60. The van der Waals surface area contributed by atoms with Crippen LogP contribution in [0.25, 0.3) is 0 Å². The summed E-state index contributed by atoms with van der Waals surface area (Å²) in [7, 11) is 3.94. The highest BCUT2D eigenvalue weighted by atomic mass is 32.2. The number of anilines is 1. The van der Waals surface area contributed by atoms with E-state index in [0.29, 0.717) is 5.25 Å². The Labute approximate surface area is 99.3 Å². The van der Waals surface area contributed by atoms with Crippen LogP contribution in [-0.4, -0.2) is 35.6 Å². The standard InChI is InChI=1S/C9H18N4S2/c1-5-7(10)6(2)14-9-12-11-8(15-9)13(3)4/h6-7H,5,10H2,1-4H3. The fourth-order valence-corrected chi connectivity index (χ4v) is 3.16. The van der Waals surface area contributed by atoms with E-state index in [1.165, 1.54) is 0 Å². The molecule has 0 saturated heterocycles. The minimum Gasteiger partial charge on any atom is -0.353 e. The fourth-order valence-electron chi connectivity index (χ4n) is 1.01. The predicted octanol–water partition coefficient (Wildman–Crippen LogP) is 1.82. The van der Waals surface area contributed by atoms with Crippen molar-refractivity contribution in [3.8, 4) is 0 Å². The van der Waals surface area contributed by atoms with Gasteiger partial charge in [-0.1, -0.05) is 36.9 Å². The lowest BCUT2D eigenvalue weighted by molar-refractivity contribution is 0.642. The van der Waals surface area contributed by atoms with Crippen LogP contribution in [0, 0.1) is 0 Å². The van der Waals surface area contributed by atoms with Crippen molar-refractivity contribution >= 4 is 28.2 Å². The molecule has 1 rings (SSSR count). The summed E-state index contributed by atoms with van der Waals surface area (Å²) < 4.78 is 0.995. The van der Waals surface area contributed by atoms with Gasteiger partial charge in [0.05, 0.1) is 0 Å². The topological polar surface area (TPSA) is 55.0 Å². The summed E-state index contributed by atoms with van der Waals surface area (Å²) in [6.45, 7) is 4.24. The van der Waals surface area contributed by atoms with Crippen molar-refractivity contribution in [2.45, 2.75) is 35.9 Å². The molecule has 0 amide bonds. The average molecular weight is 246 g/mol. The Hall–Kier alpha value is -0.330. The number of rotatable bonds is 5. The van der Waals surface area contributed by atoms with Gasteiger partial charge in [-0.15, -0.1) is 10.2 Å². The molecule has 6 heteroatoms. The third-order valence-corrected chi connectivity index (χ3v) is 4.57. The summed E-state index contributed by atoms with van der Waals surface area (Å²) in [5.41, 5.74) is 5.96. The number of aromatic nitrogens is 2. The molecule has 0 aliphatic heterocycles. The monoisotopic (exact) mass is 246 g/mol. The maximum atomic E-state index is 5.96. The number of nitrogens with zero attached hydrogens (tertiary/aromatic N) is 3. The molecule has 0 saturated carbocycles. The van der Waals surface area contributed by atoms with Crippen molar-refractivity contribution in [3.63, 3.8) is 0 Å². The van der Waals surface area contributed by atoms with Gasteiger partial charge in [-0.3, -0.25) is 0 Å². The van der Waals surface area contributed by atoms with E-state index in [4.69, 9.17) is 5.73 Å². The van der Waals surface area contributed by atoms with Crippen LogP contribution in [0.15, 0.2) is 4.34 Å². The average Bonchev–Trinajstić information content (AvgIpc) is 2.65. The number of hydrogen-bond donors (Lipinski definition) is 1. The fraction of sp³-hybridized carbons (Fsp3) is 0.778. The summed E-state index contributed by atoms with van der Waals surface area (Å²) in [4.78, 5) is 1.96. The Bertz CT molecular complexity index is 300. The van der Waals surface area contributed by atoms with Gasteiger partial charge in [0, 0.05) is 25.4 Å². The second kappa shape index (κ2) is 5.67. The number of hydrogen-bond acceptors (Lipinski definition) is 6. The first-order valence-corrected chi connectivity index (χ1v) is 6.67. The highest BCUT2D eigenvalue weighted by Gasteiger charge is 2.15. The molecule has 0 spiro atoms. The summed E-state index contributed by atoms with van der Waals surface area (Å²) in [5.74, 6) is 0. The summed E-state index contributed by atoms with van der Waals surface area (Å²) in [6, 6.07) is 0.224. The molecule has 2 unspecified atom stereocenters. The summed E-state index contributed by atoms with van der Waals surface area (Å²) in [6.07, 6.45) is 0.994. The van der Waals surface area contributed by atoms with Gasteiger partial charge in [-0.2, -0.15) is 0 Å². The molecule has 4 nitrogen and oxygen atoms in total. The molecule has 0 aromatic carbocycles. The van der Waals surface area contributed by atoms with E-state index in [1.807, 2.05) is 19.0 Å². The largest absolute Gasteiger partial charge is 0.353 e. The van der Waals surface area contributed by atoms with Crippen LogP contribution in [0.3, 0.4) is 0 Å². The van der Waals surface area contributed by atoms with Crippen molar-refractivity contribution in [1.82, 2.24) is 10.2 Å². The molecule has 0 radical (unpaired) electrons. The molecule has 0 aliphatic rings. The zero-order chi connectivity index (χ0) is 11.4. The Kier molecular flexibility index (Phi) is 4.82. The highest BCUT2D eigenvalue weighted by Crippen LogP contribution is 2.31. The lowest BCUT2D eigenvalue weighted by atomic mass is 10.2. The van der Waals surface area contributed by atoms with Crippen LogP contribution in [0.5, 0.6) is 0 Å². The van der Waals surface area contributed by atoms with Crippen molar-refractivity contribution in [2.75, 3.05) is 19.0 Å². The summed E-state index contributed by atoms with van der Waals surface area (Å²) >= 11 is 3.32. The highest BCUT2D eigenvalue weighted by molar-refractivity contribution is 8.01. The molecule has 86 valence electrons. The normalized spacial score (nSPS) is 15.0. The van der Waals surface area contributed by atoms with E-state index in [-0.39, 0.29) is 6.04 Å². The van der Waals surface area contributed by atoms with Gasteiger partial charge in [0.15, 0.2) is 4.34 Å². The third-order valence-electron chi connectivity index (χ3n) is 2.14. The van der Waals surface area contributed by atoms with Crippen LogP contribution in [0.2, 0.25) is 0 Å². The Morgan fingerprint density at radius 1 is 1.47 bits per heavy atom. The third kappa shape index (κ3) is 3.62. The van der Waals surface area contributed by atoms with Crippen LogP contribution in [0.1, 0.15) is 20.3 Å². The number of nitrogens with two attached hydrogens (primary N) is 1. The first-order valence-electron chi connectivity index (χ1n) is 4.97. The Morgan fingerprint density at radius 2 is 2.13 bits per heavy atom. The van der Waals surface area contributed by atoms with Gasteiger partial charge in [-0.25, -0.2) is 0 Å². The molecule has 0 aliphatic carbocycles. The number of thioether (sulfide) groups is 1. The van der Waals surface area contributed by atoms with Crippen LogP contribution in [-0.2, 0) is 0 Å². The lowest BCUT2D eigenvalue weighted by Gasteiger charge is -2.15. The molecular formula is C9H18N4S2. The SMILES string of the molecule is CCC(N)C(C)Sc1nnc(N(C)C)s1. The first kappa shape index (κ1) is 12.7. The molecule has 2 atom stereocenters. The van der Waals surface area contributed by atoms with Gasteiger partial charge in [-0.05, 0) is 6.42 Å². The van der Waals surface area contributed by atoms with E-state index in [2.05, 4.69) is 24.0 Å². The van der Waals surface area contributed by atoms with E-state index >= 15 is 0 Å². The summed E-state index contributed by atoms with van der Waals surface area (Å²) in [5, 5.41) is 9.54. The van der Waals surface area contributed by atoms with Crippen molar-refractivity contribution in [2.24, 2.45) is 5.73 Å². The van der Waals surface area contributed by atoms with E-state index < -0.39 is 0 Å². The van der Waals surface area contributed by atoms with E-state index in [0.717, 1.165) is 15.9 Å². The van der Waals surface area contributed by atoms with Crippen LogP contribution >= 0.6 is 23.1 Å². The predicted molar refractivity (Wildman–Crippen MR) is 67.8 cm³/mol. The second-order valence-corrected chi connectivity index (χ2v) is 6.22. The molecule has 1 aromatic rings. The van der Waals surface area contributed by atoms with Crippen molar-refractivity contribution < 1.29 is 0 Å².